The summed E-state index contributed by atoms with van der Waals surface area (Å²) < 4.78 is 18.3. The second kappa shape index (κ2) is 5.55. The molecule has 96 valence electrons. The van der Waals surface area contributed by atoms with Gasteiger partial charge in [-0.3, -0.25) is 0 Å². The molecule has 0 bridgehead atoms. The van der Waals surface area contributed by atoms with Gasteiger partial charge in [-0.2, -0.15) is 0 Å². The first kappa shape index (κ1) is 13.1. The van der Waals surface area contributed by atoms with E-state index in [9.17, 15) is 4.39 Å². The SMILES string of the molecule is CNC(Cc1ccc(F)cc1Cl)c1ccoc1C. The van der Waals surface area contributed by atoms with Crippen molar-refractivity contribution >= 4 is 11.6 Å². The van der Waals surface area contributed by atoms with Crippen molar-refractivity contribution in [3.63, 3.8) is 0 Å². The molecule has 0 spiro atoms. The summed E-state index contributed by atoms with van der Waals surface area (Å²) in [5.74, 6) is 0.567. The first-order valence-electron chi connectivity index (χ1n) is 5.77. The first-order chi connectivity index (χ1) is 8.61. The highest BCUT2D eigenvalue weighted by Gasteiger charge is 2.16. The Morgan fingerprint density at radius 3 is 2.72 bits per heavy atom. The maximum atomic E-state index is 13.0. The van der Waals surface area contributed by atoms with E-state index < -0.39 is 0 Å². The lowest BCUT2D eigenvalue weighted by Gasteiger charge is -2.16. The number of likely N-dealkylation sites (N-methyl/N-ethyl adjacent to an activating group) is 1. The molecule has 2 aromatic rings. The standard InChI is InChI=1S/C14H15ClFNO/c1-9-12(5-6-18-9)14(17-2)7-10-3-4-11(16)8-13(10)15/h3-6,8,14,17H,7H2,1-2H3. The molecule has 2 nitrogen and oxygen atoms in total. The topological polar surface area (TPSA) is 25.2 Å². The molecule has 1 N–H and O–H groups in total. The lowest BCUT2D eigenvalue weighted by molar-refractivity contribution is 0.512. The average molecular weight is 268 g/mol. The molecule has 1 heterocycles. The maximum absolute atomic E-state index is 13.0. The Kier molecular flexibility index (Phi) is 4.04. The van der Waals surface area contributed by atoms with Crippen LogP contribution in [0.1, 0.15) is 22.9 Å². The summed E-state index contributed by atoms with van der Waals surface area (Å²) in [4.78, 5) is 0. The van der Waals surface area contributed by atoms with Crippen LogP contribution in [-0.4, -0.2) is 7.05 Å². The van der Waals surface area contributed by atoms with Crippen molar-refractivity contribution in [3.8, 4) is 0 Å². The van der Waals surface area contributed by atoms with Crippen LogP contribution in [0.15, 0.2) is 34.9 Å². The van der Waals surface area contributed by atoms with Crippen molar-refractivity contribution in [1.82, 2.24) is 5.32 Å². The fourth-order valence-corrected chi connectivity index (χ4v) is 2.28. The Hall–Kier alpha value is -1.32. The number of rotatable bonds is 4. The predicted molar refractivity (Wildman–Crippen MR) is 70.4 cm³/mol. The molecule has 0 aliphatic carbocycles. The van der Waals surface area contributed by atoms with Crippen molar-refractivity contribution < 1.29 is 8.81 Å². The van der Waals surface area contributed by atoms with Crippen molar-refractivity contribution in [2.45, 2.75) is 19.4 Å². The summed E-state index contributed by atoms with van der Waals surface area (Å²) in [5.41, 5.74) is 2.01. The number of aryl methyl sites for hydroxylation is 1. The fraction of sp³-hybridized carbons (Fsp3) is 0.286. The van der Waals surface area contributed by atoms with Gasteiger partial charge in [-0.05, 0) is 44.2 Å². The zero-order chi connectivity index (χ0) is 13.1. The van der Waals surface area contributed by atoms with E-state index in [1.165, 1.54) is 12.1 Å². The molecule has 0 amide bonds. The largest absolute Gasteiger partial charge is 0.469 e. The van der Waals surface area contributed by atoms with Gasteiger partial charge in [-0.25, -0.2) is 4.39 Å². The molecule has 0 saturated heterocycles. The molecule has 0 radical (unpaired) electrons. The van der Waals surface area contributed by atoms with Gasteiger partial charge in [0.2, 0.25) is 0 Å². The summed E-state index contributed by atoms with van der Waals surface area (Å²) in [5, 5.41) is 3.68. The Bertz CT molecular complexity index is 538. The van der Waals surface area contributed by atoms with Crippen molar-refractivity contribution in [3.05, 3.63) is 58.3 Å². The summed E-state index contributed by atoms with van der Waals surface area (Å²) in [6.07, 6.45) is 2.36. The molecule has 1 aromatic heterocycles. The summed E-state index contributed by atoms with van der Waals surface area (Å²) >= 11 is 6.04. The first-order valence-corrected chi connectivity index (χ1v) is 6.14. The van der Waals surface area contributed by atoms with Crippen molar-refractivity contribution in [2.75, 3.05) is 7.05 Å². The third-order valence-electron chi connectivity index (χ3n) is 3.06. The lowest BCUT2D eigenvalue weighted by Crippen LogP contribution is -2.19. The summed E-state index contributed by atoms with van der Waals surface area (Å²) in [6, 6.07) is 6.53. The molecule has 1 aromatic carbocycles. The van der Waals surface area contributed by atoms with Gasteiger partial charge in [-0.1, -0.05) is 17.7 Å². The molecule has 2 rings (SSSR count). The summed E-state index contributed by atoms with van der Waals surface area (Å²) in [7, 11) is 1.88. The number of hydrogen-bond acceptors (Lipinski definition) is 2. The number of hydrogen-bond donors (Lipinski definition) is 1. The van der Waals surface area contributed by atoms with E-state index in [-0.39, 0.29) is 11.9 Å². The molecule has 1 atom stereocenters. The predicted octanol–water partition coefficient (Wildman–Crippen LogP) is 3.88. The molecule has 18 heavy (non-hydrogen) atoms. The molecule has 0 aliphatic heterocycles. The number of nitrogens with one attached hydrogen (secondary N) is 1. The molecule has 0 saturated carbocycles. The lowest BCUT2D eigenvalue weighted by atomic mass is 9.99. The van der Waals surface area contributed by atoms with Crippen LogP contribution < -0.4 is 5.32 Å². The van der Waals surface area contributed by atoms with Gasteiger partial charge in [0.1, 0.15) is 11.6 Å². The third kappa shape index (κ3) is 2.74. The average Bonchev–Trinajstić information content (AvgIpc) is 2.75. The zero-order valence-electron chi connectivity index (χ0n) is 10.3. The Morgan fingerprint density at radius 2 is 2.17 bits per heavy atom. The van der Waals surface area contributed by atoms with E-state index in [2.05, 4.69) is 5.32 Å². The van der Waals surface area contributed by atoms with Crippen LogP contribution in [0.5, 0.6) is 0 Å². The smallest absolute Gasteiger partial charge is 0.124 e. The highest BCUT2D eigenvalue weighted by molar-refractivity contribution is 6.31. The number of furan rings is 1. The fourth-order valence-electron chi connectivity index (χ4n) is 2.03. The molecule has 0 fully saturated rings. The second-order valence-electron chi connectivity index (χ2n) is 4.21. The van der Waals surface area contributed by atoms with Gasteiger partial charge in [0.25, 0.3) is 0 Å². The van der Waals surface area contributed by atoms with Crippen LogP contribution in [0.4, 0.5) is 4.39 Å². The molecule has 0 aliphatic rings. The molecular formula is C14H15ClFNO. The van der Waals surface area contributed by atoms with Crippen LogP contribution in [0, 0.1) is 12.7 Å². The minimum Gasteiger partial charge on any atom is -0.469 e. The van der Waals surface area contributed by atoms with Gasteiger partial charge in [-0.15, -0.1) is 0 Å². The van der Waals surface area contributed by atoms with Crippen LogP contribution in [0.3, 0.4) is 0 Å². The Labute approximate surface area is 111 Å². The molecule has 1 unspecified atom stereocenters. The van der Waals surface area contributed by atoms with Gasteiger partial charge in [0.05, 0.1) is 6.26 Å². The quantitative estimate of drug-likeness (QED) is 0.909. The highest BCUT2D eigenvalue weighted by Crippen LogP contribution is 2.26. The molecule has 4 heteroatoms. The Morgan fingerprint density at radius 1 is 1.39 bits per heavy atom. The highest BCUT2D eigenvalue weighted by atomic mass is 35.5. The number of benzene rings is 1. The van der Waals surface area contributed by atoms with Gasteiger partial charge in [0.15, 0.2) is 0 Å². The molecular weight excluding hydrogens is 253 g/mol. The van der Waals surface area contributed by atoms with Gasteiger partial charge in [0, 0.05) is 16.6 Å². The van der Waals surface area contributed by atoms with E-state index in [1.807, 2.05) is 20.0 Å². The van der Waals surface area contributed by atoms with E-state index in [4.69, 9.17) is 16.0 Å². The van der Waals surface area contributed by atoms with E-state index in [0.29, 0.717) is 11.4 Å². The summed E-state index contributed by atoms with van der Waals surface area (Å²) in [6.45, 7) is 1.92. The monoisotopic (exact) mass is 267 g/mol. The normalized spacial score (nSPS) is 12.7. The van der Waals surface area contributed by atoms with Crippen molar-refractivity contribution in [1.29, 1.82) is 0 Å². The van der Waals surface area contributed by atoms with Crippen LogP contribution >= 0.6 is 11.6 Å². The maximum Gasteiger partial charge on any atom is 0.124 e. The Balaban J connectivity index is 2.23. The zero-order valence-corrected chi connectivity index (χ0v) is 11.1. The van der Waals surface area contributed by atoms with Crippen LogP contribution in [-0.2, 0) is 6.42 Å². The van der Waals surface area contributed by atoms with E-state index in [0.717, 1.165) is 16.9 Å². The second-order valence-corrected chi connectivity index (χ2v) is 4.62. The van der Waals surface area contributed by atoms with Crippen LogP contribution in [0.2, 0.25) is 5.02 Å². The van der Waals surface area contributed by atoms with Crippen LogP contribution in [0.25, 0.3) is 0 Å². The number of halogens is 2. The van der Waals surface area contributed by atoms with E-state index in [1.54, 1.807) is 12.3 Å². The van der Waals surface area contributed by atoms with E-state index >= 15 is 0 Å². The van der Waals surface area contributed by atoms with Crippen molar-refractivity contribution in [2.24, 2.45) is 0 Å². The minimum atomic E-state index is -0.316. The van der Waals surface area contributed by atoms with Gasteiger partial charge < -0.3 is 9.73 Å². The minimum absolute atomic E-state index is 0.103. The third-order valence-corrected chi connectivity index (χ3v) is 3.41. The van der Waals surface area contributed by atoms with Gasteiger partial charge >= 0.3 is 0 Å².